The van der Waals surface area contributed by atoms with E-state index in [-0.39, 0.29) is 11.1 Å². The van der Waals surface area contributed by atoms with Crippen molar-refractivity contribution in [2.45, 2.75) is 0 Å². The number of hydrogen-bond acceptors (Lipinski definition) is 4. The summed E-state index contributed by atoms with van der Waals surface area (Å²) in [6.45, 7) is 0. The van der Waals surface area contributed by atoms with Crippen LogP contribution in [0.4, 0.5) is 0 Å². The summed E-state index contributed by atoms with van der Waals surface area (Å²) in [7, 11) is 2.86. The van der Waals surface area contributed by atoms with Gasteiger partial charge in [0, 0.05) is 7.05 Å². The van der Waals surface area contributed by atoms with Gasteiger partial charge in [-0.3, -0.25) is 4.57 Å². The van der Waals surface area contributed by atoms with Crippen molar-refractivity contribution < 1.29 is 13.9 Å². The Morgan fingerprint density at radius 3 is 2.87 bits per heavy atom. The van der Waals surface area contributed by atoms with Gasteiger partial charge in [-0.05, 0) is 12.1 Å². The molecule has 0 amide bonds. The van der Waals surface area contributed by atoms with Crippen molar-refractivity contribution in [1.82, 2.24) is 4.57 Å². The van der Waals surface area contributed by atoms with Gasteiger partial charge in [0.15, 0.2) is 5.58 Å². The monoisotopic (exact) mass is 207 g/mol. The van der Waals surface area contributed by atoms with Gasteiger partial charge >= 0.3 is 11.7 Å². The molecule has 5 heteroatoms. The summed E-state index contributed by atoms with van der Waals surface area (Å²) in [5, 5.41) is 0. The van der Waals surface area contributed by atoms with Gasteiger partial charge < -0.3 is 9.15 Å². The predicted molar refractivity (Wildman–Crippen MR) is 52.8 cm³/mol. The Morgan fingerprint density at radius 1 is 1.47 bits per heavy atom. The van der Waals surface area contributed by atoms with Crippen LogP contribution in [-0.4, -0.2) is 17.6 Å². The van der Waals surface area contributed by atoms with E-state index in [1.807, 2.05) is 0 Å². The molecule has 0 aliphatic heterocycles. The Morgan fingerprint density at radius 2 is 2.20 bits per heavy atom. The third-order valence-electron chi connectivity index (χ3n) is 2.22. The van der Waals surface area contributed by atoms with Crippen LogP contribution in [0.15, 0.2) is 27.4 Å². The molecule has 0 saturated carbocycles. The molecule has 0 unspecified atom stereocenters. The number of ether oxygens (including phenoxy) is 1. The number of para-hydroxylation sites is 1. The van der Waals surface area contributed by atoms with Crippen molar-refractivity contribution in [3.63, 3.8) is 0 Å². The normalized spacial score (nSPS) is 10.5. The highest BCUT2D eigenvalue weighted by Gasteiger charge is 2.15. The largest absolute Gasteiger partial charge is 0.465 e. The van der Waals surface area contributed by atoms with Gasteiger partial charge in [0.25, 0.3) is 0 Å². The minimum atomic E-state index is -0.519. The zero-order valence-electron chi connectivity index (χ0n) is 8.31. The summed E-state index contributed by atoms with van der Waals surface area (Å²) in [6.07, 6.45) is 0. The SMILES string of the molecule is COC(=O)c1cccc2c1oc(=O)n2C. The lowest BCUT2D eigenvalue weighted by Gasteiger charge is -1.98. The van der Waals surface area contributed by atoms with Gasteiger partial charge in [-0.2, -0.15) is 0 Å². The van der Waals surface area contributed by atoms with Crippen LogP contribution in [0.5, 0.6) is 0 Å². The number of carbonyl (C=O) groups is 1. The summed E-state index contributed by atoms with van der Waals surface area (Å²) in [4.78, 5) is 22.6. The standard InChI is InChI=1S/C10H9NO4/c1-11-7-5-3-4-6(9(12)14-2)8(7)15-10(11)13/h3-5H,1-2H3. The number of methoxy groups -OCH3 is 1. The van der Waals surface area contributed by atoms with Gasteiger partial charge in [0.05, 0.1) is 12.6 Å². The fourth-order valence-corrected chi connectivity index (χ4v) is 1.42. The molecule has 0 bridgehead atoms. The van der Waals surface area contributed by atoms with Crippen LogP contribution in [0, 0.1) is 0 Å². The van der Waals surface area contributed by atoms with Crippen LogP contribution in [0.25, 0.3) is 11.1 Å². The summed E-state index contributed by atoms with van der Waals surface area (Å²) in [6, 6.07) is 4.92. The number of nitrogens with zero attached hydrogens (tertiary/aromatic N) is 1. The van der Waals surface area contributed by atoms with Gasteiger partial charge in [-0.15, -0.1) is 0 Å². The first-order chi connectivity index (χ1) is 7.15. The molecule has 0 saturated heterocycles. The second-order valence-corrected chi connectivity index (χ2v) is 3.07. The highest BCUT2D eigenvalue weighted by Crippen LogP contribution is 2.17. The van der Waals surface area contributed by atoms with Crippen molar-refractivity contribution in [1.29, 1.82) is 0 Å². The lowest BCUT2D eigenvalue weighted by atomic mass is 10.2. The minimum Gasteiger partial charge on any atom is -0.465 e. The first-order valence-corrected chi connectivity index (χ1v) is 4.32. The number of aromatic nitrogens is 1. The molecule has 2 rings (SSSR count). The van der Waals surface area contributed by atoms with E-state index >= 15 is 0 Å². The summed E-state index contributed by atoms with van der Waals surface area (Å²) in [5.41, 5.74) is 1.09. The summed E-state index contributed by atoms with van der Waals surface area (Å²) < 4.78 is 10.9. The van der Waals surface area contributed by atoms with E-state index in [4.69, 9.17) is 4.42 Å². The smallest absolute Gasteiger partial charge is 0.419 e. The maximum Gasteiger partial charge on any atom is 0.419 e. The molecule has 0 spiro atoms. The van der Waals surface area contributed by atoms with Crippen LogP contribution in [0.1, 0.15) is 10.4 Å². The Hall–Kier alpha value is -2.04. The second-order valence-electron chi connectivity index (χ2n) is 3.07. The van der Waals surface area contributed by atoms with Crippen LogP contribution in [0.3, 0.4) is 0 Å². The molecule has 0 N–H and O–H groups in total. The maximum atomic E-state index is 11.4. The lowest BCUT2D eigenvalue weighted by Crippen LogP contribution is -2.08. The molecular weight excluding hydrogens is 198 g/mol. The van der Waals surface area contributed by atoms with Crippen LogP contribution >= 0.6 is 0 Å². The van der Waals surface area contributed by atoms with E-state index in [0.717, 1.165) is 0 Å². The molecule has 1 heterocycles. The average molecular weight is 207 g/mol. The Labute approximate surface area is 84.9 Å². The van der Waals surface area contributed by atoms with Crippen molar-refractivity contribution in [3.8, 4) is 0 Å². The third kappa shape index (κ3) is 1.32. The number of aryl methyl sites for hydroxylation is 1. The molecule has 0 fully saturated rings. The van der Waals surface area contributed by atoms with Gasteiger partial charge in [-0.25, -0.2) is 9.59 Å². The van der Waals surface area contributed by atoms with Crippen LogP contribution in [0.2, 0.25) is 0 Å². The zero-order valence-corrected chi connectivity index (χ0v) is 8.31. The van der Waals surface area contributed by atoms with Crippen LogP contribution in [-0.2, 0) is 11.8 Å². The van der Waals surface area contributed by atoms with E-state index < -0.39 is 11.7 Å². The molecule has 5 nitrogen and oxygen atoms in total. The van der Waals surface area contributed by atoms with Gasteiger partial charge in [0.1, 0.15) is 5.56 Å². The Bertz CT molecular complexity index is 579. The first kappa shape index (κ1) is 9.51. The fourth-order valence-electron chi connectivity index (χ4n) is 1.42. The second kappa shape index (κ2) is 3.27. The Kier molecular flexibility index (Phi) is 2.07. The van der Waals surface area contributed by atoms with Crippen molar-refractivity contribution in [2.24, 2.45) is 7.05 Å². The molecule has 1 aromatic carbocycles. The maximum absolute atomic E-state index is 11.4. The van der Waals surface area contributed by atoms with Crippen LogP contribution < -0.4 is 5.76 Å². The number of rotatable bonds is 1. The molecule has 0 aliphatic rings. The third-order valence-corrected chi connectivity index (χ3v) is 2.22. The average Bonchev–Trinajstić information content (AvgIpc) is 2.54. The Balaban J connectivity index is 2.83. The highest BCUT2D eigenvalue weighted by molar-refractivity contribution is 6.00. The van der Waals surface area contributed by atoms with Gasteiger partial charge in [-0.1, -0.05) is 6.07 Å². The molecule has 2 aromatic rings. The number of oxazole rings is 1. The summed E-state index contributed by atoms with van der Waals surface area (Å²) in [5.74, 6) is -1.02. The van der Waals surface area contributed by atoms with Crippen molar-refractivity contribution >= 4 is 17.1 Å². The highest BCUT2D eigenvalue weighted by atomic mass is 16.5. The number of benzene rings is 1. The van der Waals surface area contributed by atoms with E-state index in [1.165, 1.54) is 11.7 Å². The van der Waals surface area contributed by atoms with E-state index in [0.29, 0.717) is 5.52 Å². The van der Waals surface area contributed by atoms with E-state index in [9.17, 15) is 9.59 Å². The summed E-state index contributed by atoms with van der Waals surface area (Å²) >= 11 is 0. The molecule has 0 radical (unpaired) electrons. The molecule has 78 valence electrons. The van der Waals surface area contributed by atoms with E-state index in [2.05, 4.69) is 4.74 Å². The topological polar surface area (TPSA) is 61.4 Å². The number of carbonyl (C=O) groups excluding carboxylic acids is 1. The molecular formula is C10H9NO4. The number of esters is 1. The molecule has 0 atom stereocenters. The molecule has 15 heavy (non-hydrogen) atoms. The fraction of sp³-hybridized carbons (Fsp3) is 0.200. The predicted octanol–water partition coefficient (Wildman–Crippen LogP) is 0.918. The van der Waals surface area contributed by atoms with Gasteiger partial charge in [0.2, 0.25) is 0 Å². The van der Waals surface area contributed by atoms with E-state index in [1.54, 1.807) is 25.2 Å². The number of fused-ring (bicyclic) bond motifs is 1. The molecule has 1 aromatic heterocycles. The number of hydrogen-bond donors (Lipinski definition) is 0. The quantitative estimate of drug-likeness (QED) is 0.652. The lowest BCUT2D eigenvalue weighted by molar-refractivity contribution is 0.0601. The van der Waals surface area contributed by atoms with Crippen molar-refractivity contribution in [3.05, 3.63) is 34.3 Å². The first-order valence-electron chi connectivity index (χ1n) is 4.32. The van der Waals surface area contributed by atoms with Crippen molar-refractivity contribution in [2.75, 3.05) is 7.11 Å². The zero-order chi connectivity index (χ0) is 11.0. The minimum absolute atomic E-state index is 0.257. The molecule has 0 aliphatic carbocycles.